The van der Waals surface area contributed by atoms with E-state index < -0.39 is 6.10 Å². The van der Waals surface area contributed by atoms with Gasteiger partial charge in [0.25, 0.3) is 5.91 Å². The average Bonchev–Trinajstić information content (AvgIpc) is 2.75. The number of hydrogen-bond donors (Lipinski definition) is 3. The van der Waals surface area contributed by atoms with E-state index >= 15 is 0 Å². The van der Waals surface area contributed by atoms with Gasteiger partial charge in [-0.3, -0.25) is 14.6 Å². The molecular formula is C21H31N3O4. The standard InChI is InChI=1S/C21H31N3O4/c25-14-19-17(24-21(27)18-8-4-5-12-22-18)10-9-16(28-19)11-13-23-20(26)15-6-2-1-3-7-15/h4-5,8,12,15-17,19,25H,1-3,6-7,9-11,13-14H2,(H,23,26)(H,24,27)/t16-,17+,19+/m0/s1. The van der Waals surface area contributed by atoms with E-state index in [4.69, 9.17) is 4.74 Å². The number of aliphatic hydroxyl groups is 1. The first-order valence-electron chi connectivity index (χ1n) is 10.4. The highest BCUT2D eigenvalue weighted by atomic mass is 16.5. The summed E-state index contributed by atoms with van der Waals surface area (Å²) in [5.74, 6) is 0.0676. The first-order chi connectivity index (χ1) is 13.7. The predicted octanol–water partition coefficient (Wildman–Crippen LogP) is 1.81. The number of nitrogens with zero attached hydrogens (tertiary/aromatic N) is 1. The van der Waals surface area contributed by atoms with E-state index in [0.717, 1.165) is 44.9 Å². The highest BCUT2D eigenvalue weighted by Crippen LogP contribution is 2.24. The van der Waals surface area contributed by atoms with Gasteiger partial charge in [0.05, 0.1) is 18.8 Å². The van der Waals surface area contributed by atoms with Crippen molar-refractivity contribution in [2.24, 2.45) is 5.92 Å². The topological polar surface area (TPSA) is 101 Å². The highest BCUT2D eigenvalue weighted by molar-refractivity contribution is 5.92. The fraction of sp³-hybridized carbons (Fsp3) is 0.667. The third-order valence-electron chi connectivity index (χ3n) is 5.75. The molecule has 28 heavy (non-hydrogen) atoms. The molecule has 1 aliphatic carbocycles. The van der Waals surface area contributed by atoms with Gasteiger partial charge in [0.2, 0.25) is 5.91 Å². The molecular weight excluding hydrogens is 358 g/mol. The summed E-state index contributed by atoms with van der Waals surface area (Å²) < 4.78 is 5.98. The minimum atomic E-state index is -0.444. The lowest BCUT2D eigenvalue weighted by atomic mass is 9.88. The number of nitrogens with one attached hydrogen (secondary N) is 2. The largest absolute Gasteiger partial charge is 0.394 e. The number of aliphatic hydroxyl groups excluding tert-OH is 1. The molecule has 1 aliphatic heterocycles. The molecule has 1 aromatic heterocycles. The van der Waals surface area contributed by atoms with Crippen molar-refractivity contribution in [2.75, 3.05) is 13.2 Å². The Labute approximate surface area is 166 Å². The summed E-state index contributed by atoms with van der Waals surface area (Å²) in [6, 6.07) is 4.94. The summed E-state index contributed by atoms with van der Waals surface area (Å²) in [6.07, 6.45) is 8.86. The van der Waals surface area contributed by atoms with Gasteiger partial charge in [-0.1, -0.05) is 25.3 Å². The van der Waals surface area contributed by atoms with Crippen LogP contribution in [0.3, 0.4) is 0 Å². The molecule has 1 aromatic rings. The molecule has 2 heterocycles. The SMILES string of the molecule is O=C(N[C@@H]1CC[C@@H](CCNC(=O)C2CCCCC2)O[C@@H]1CO)c1ccccn1. The zero-order valence-corrected chi connectivity index (χ0v) is 16.3. The predicted molar refractivity (Wildman–Crippen MR) is 105 cm³/mol. The van der Waals surface area contributed by atoms with Crippen LogP contribution in [0.4, 0.5) is 0 Å². The molecule has 0 bridgehead atoms. The Morgan fingerprint density at radius 1 is 1.14 bits per heavy atom. The lowest BCUT2D eigenvalue weighted by molar-refractivity contribution is -0.126. The van der Waals surface area contributed by atoms with E-state index in [1.54, 1.807) is 24.4 Å². The zero-order chi connectivity index (χ0) is 19.8. The van der Waals surface area contributed by atoms with Gasteiger partial charge in [-0.25, -0.2) is 0 Å². The van der Waals surface area contributed by atoms with Crippen LogP contribution in [0.25, 0.3) is 0 Å². The maximum Gasteiger partial charge on any atom is 0.270 e. The van der Waals surface area contributed by atoms with E-state index in [2.05, 4.69) is 15.6 Å². The minimum absolute atomic E-state index is 0.0215. The number of ether oxygens (including phenoxy) is 1. The quantitative estimate of drug-likeness (QED) is 0.660. The molecule has 7 heteroatoms. The van der Waals surface area contributed by atoms with Crippen molar-refractivity contribution in [3.63, 3.8) is 0 Å². The van der Waals surface area contributed by atoms with Crippen molar-refractivity contribution in [2.45, 2.75) is 69.6 Å². The number of carbonyl (C=O) groups excluding carboxylic acids is 2. The van der Waals surface area contributed by atoms with Crippen LogP contribution in [0.1, 0.15) is 61.9 Å². The molecule has 0 radical (unpaired) electrons. The molecule has 1 saturated heterocycles. The Kier molecular flexibility index (Phi) is 7.80. The molecule has 2 aliphatic rings. The molecule has 3 atom stereocenters. The molecule has 154 valence electrons. The Balaban J connectivity index is 1.41. The van der Waals surface area contributed by atoms with Crippen LogP contribution in [0.2, 0.25) is 0 Å². The van der Waals surface area contributed by atoms with E-state index in [1.807, 2.05) is 0 Å². The molecule has 2 amide bonds. The summed E-state index contributed by atoms with van der Waals surface area (Å²) in [5.41, 5.74) is 0.353. The Hall–Kier alpha value is -1.99. The van der Waals surface area contributed by atoms with Crippen molar-refractivity contribution in [3.05, 3.63) is 30.1 Å². The molecule has 0 unspecified atom stereocenters. The second-order valence-corrected chi connectivity index (χ2v) is 7.77. The van der Waals surface area contributed by atoms with Crippen molar-refractivity contribution in [1.29, 1.82) is 0 Å². The smallest absolute Gasteiger partial charge is 0.270 e. The van der Waals surface area contributed by atoms with Crippen LogP contribution < -0.4 is 10.6 Å². The normalized spacial score (nSPS) is 25.8. The van der Waals surface area contributed by atoms with Gasteiger partial charge in [0, 0.05) is 18.7 Å². The number of rotatable bonds is 7. The molecule has 1 saturated carbocycles. The van der Waals surface area contributed by atoms with Gasteiger partial charge in [-0.2, -0.15) is 0 Å². The average molecular weight is 389 g/mol. The van der Waals surface area contributed by atoms with Crippen LogP contribution in [-0.2, 0) is 9.53 Å². The van der Waals surface area contributed by atoms with Crippen LogP contribution >= 0.6 is 0 Å². The second-order valence-electron chi connectivity index (χ2n) is 7.77. The van der Waals surface area contributed by atoms with Gasteiger partial charge in [-0.15, -0.1) is 0 Å². The lowest BCUT2D eigenvalue weighted by Crippen LogP contribution is -2.51. The Bertz CT molecular complexity index is 634. The van der Waals surface area contributed by atoms with Gasteiger partial charge in [0.15, 0.2) is 0 Å². The van der Waals surface area contributed by atoms with Gasteiger partial charge < -0.3 is 20.5 Å². The highest BCUT2D eigenvalue weighted by Gasteiger charge is 2.32. The van der Waals surface area contributed by atoms with Crippen molar-refractivity contribution < 1.29 is 19.4 Å². The fourth-order valence-corrected chi connectivity index (χ4v) is 4.11. The maximum absolute atomic E-state index is 12.3. The number of aromatic nitrogens is 1. The third kappa shape index (κ3) is 5.75. The van der Waals surface area contributed by atoms with E-state index in [0.29, 0.717) is 12.2 Å². The van der Waals surface area contributed by atoms with E-state index in [9.17, 15) is 14.7 Å². The fourth-order valence-electron chi connectivity index (χ4n) is 4.11. The third-order valence-corrected chi connectivity index (χ3v) is 5.75. The molecule has 3 N–H and O–H groups in total. The molecule has 2 fully saturated rings. The zero-order valence-electron chi connectivity index (χ0n) is 16.3. The van der Waals surface area contributed by atoms with Crippen molar-refractivity contribution >= 4 is 11.8 Å². The lowest BCUT2D eigenvalue weighted by Gasteiger charge is -2.36. The van der Waals surface area contributed by atoms with Crippen molar-refractivity contribution in [3.8, 4) is 0 Å². The number of amides is 2. The van der Waals surface area contributed by atoms with Gasteiger partial charge >= 0.3 is 0 Å². The van der Waals surface area contributed by atoms with Crippen molar-refractivity contribution in [1.82, 2.24) is 15.6 Å². The van der Waals surface area contributed by atoms with Crippen LogP contribution in [0, 0.1) is 5.92 Å². The first kappa shape index (κ1) is 20.7. The number of hydrogen-bond acceptors (Lipinski definition) is 5. The Morgan fingerprint density at radius 2 is 1.96 bits per heavy atom. The Morgan fingerprint density at radius 3 is 2.68 bits per heavy atom. The summed E-state index contributed by atoms with van der Waals surface area (Å²) >= 11 is 0. The van der Waals surface area contributed by atoms with E-state index in [-0.39, 0.29) is 36.5 Å². The summed E-state index contributed by atoms with van der Waals surface area (Å²) in [6.45, 7) is 0.432. The van der Waals surface area contributed by atoms with Gasteiger partial charge in [-0.05, 0) is 44.2 Å². The molecule has 3 rings (SSSR count). The van der Waals surface area contributed by atoms with Crippen LogP contribution in [-0.4, -0.2) is 53.3 Å². The van der Waals surface area contributed by atoms with Gasteiger partial charge in [0.1, 0.15) is 11.8 Å². The number of carbonyl (C=O) groups is 2. The maximum atomic E-state index is 12.3. The molecule has 0 aromatic carbocycles. The van der Waals surface area contributed by atoms with Crippen LogP contribution in [0.15, 0.2) is 24.4 Å². The summed E-state index contributed by atoms with van der Waals surface area (Å²) in [5, 5.41) is 15.6. The summed E-state index contributed by atoms with van der Waals surface area (Å²) in [4.78, 5) is 28.6. The first-order valence-corrected chi connectivity index (χ1v) is 10.4. The number of pyridine rings is 1. The monoisotopic (exact) mass is 389 g/mol. The minimum Gasteiger partial charge on any atom is -0.394 e. The summed E-state index contributed by atoms with van der Waals surface area (Å²) in [7, 11) is 0. The second kappa shape index (κ2) is 10.5. The molecule has 7 nitrogen and oxygen atoms in total. The van der Waals surface area contributed by atoms with Crippen LogP contribution in [0.5, 0.6) is 0 Å². The van der Waals surface area contributed by atoms with E-state index in [1.165, 1.54) is 6.42 Å². The molecule has 0 spiro atoms.